The van der Waals surface area contributed by atoms with Crippen LogP contribution in [0.3, 0.4) is 0 Å². The van der Waals surface area contributed by atoms with Crippen molar-refractivity contribution in [3.05, 3.63) is 0 Å². The molecular formula is C10H18N2O3. The number of rotatable bonds is 4. The van der Waals surface area contributed by atoms with Gasteiger partial charge >= 0.3 is 5.97 Å². The maximum Gasteiger partial charge on any atom is 0.323 e. The molecule has 5 heteroatoms. The summed E-state index contributed by atoms with van der Waals surface area (Å²) in [4.78, 5) is 23.8. The van der Waals surface area contributed by atoms with Crippen LogP contribution in [-0.2, 0) is 9.59 Å². The van der Waals surface area contributed by atoms with Gasteiger partial charge in [0.1, 0.15) is 6.54 Å². The largest absolute Gasteiger partial charge is 0.480 e. The van der Waals surface area contributed by atoms with Gasteiger partial charge in [0.05, 0.1) is 5.92 Å². The van der Waals surface area contributed by atoms with Crippen molar-refractivity contribution in [2.24, 2.45) is 5.92 Å². The zero-order valence-corrected chi connectivity index (χ0v) is 9.03. The minimum Gasteiger partial charge on any atom is -0.480 e. The van der Waals surface area contributed by atoms with Crippen LogP contribution in [0.4, 0.5) is 0 Å². The number of aliphatic carboxylic acids is 1. The fourth-order valence-corrected chi connectivity index (χ4v) is 1.83. The lowest BCUT2D eigenvalue weighted by molar-refractivity contribution is -0.146. The van der Waals surface area contributed by atoms with E-state index < -0.39 is 5.97 Å². The number of hydrogen-bond donors (Lipinski definition) is 2. The highest BCUT2D eigenvalue weighted by atomic mass is 16.4. The van der Waals surface area contributed by atoms with Gasteiger partial charge in [0.15, 0.2) is 0 Å². The average Bonchev–Trinajstić information content (AvgIpc) is 2.26. The van der Waals surface area contributed by atoms with Crippen molar-refractivity contribution in [3.8, 4) is 0 Å². The Balaban J connectivity index is 2.50. The van der Waals surface area contributed by atoms with Crippen LogP contribution in [0.15, 0.2) is 0 Å². The highest BCUT2D eigenvalue weighted by molar-refractivity contribution is 5.83. The Kier molecular flexibility index (Phi) is 4.55. The first-order chi connectivity index (χ1) is 7.15. The van der Waals surface area contributed by atoms with Gasteiger partial charge in [-0.15, -0.1) is 0 Å². The number of nitrogens with zero attached hydrogens (tertiary/aromatic N) is 1. The molecule has 5 nitrogen and oxygen atoms in total. The van der Waals surface area contributed by atoms with Crippen LogP contribution in [0.2, 0.25) is 0 Å². The van der Waals surface area contributed by atoms with Crippen LogP contribution in [0.1, 0.15) is 19.8 Å². The third-order valence-electron chi connectivity index (χ3n) is 2.67. The smallest absolute Gasteiger partial charge is 0.323 e. The molecule has 0 aromatic heterocycles. The van der Waals surface area contributed by atoms with E-state index in [0.717, 1.165) is 19.4 Å². The van der Waals surface area contributed by atoms with Crippen molar-refractivity contribution in [1.29, 1.82) is 0 Å². The van der Waals surface area contributed by atoms with Crippen LogP contribution >= 0.6 is 0 Å². The molecule has 1 fully saturated rings. The van der Waals surface area contributed by atoms with E-state index in [4.69, 9.17) is 5.11 Å². The zero-order valence-electron chi connectivity index (χ0n) is 9.03. The summed E-state index contributed by atoms with van der Waals surface area (Å²) in [5, 5.41) is 11.8. The van der Waals surface area contributed by atoms with Crippen LogP contribution in [-0.4, -0.2) is 48.1 Å². The number of amides is 1. The molecule has 0 spiro atoms. The molecule has 0 bridgehead atoms. The summed E-state index contributed by atoms with van der Waals surface area (Å²) < 4.78 is 0. The number of carboxylic acid groups (broad SMARTS) is 1. The Hall–Kier alpha value is -1.10. The lowest BCUT2D eigenvalue weighted by Crippen LogP contribution is -2.44. The standard InChI is InChI=1S/C10H18N2O3/c1-2-12(7-9(13)14)10(15)8-4-3-5-11-6-8/h8,11H,2-7H2,1H3,(H,13,14)/t8-/m0/s1. The van der Waals surface area contributed by atoms with Gasteiger partial charge in [-0.1, -0.05) is 0 Å². The molecule has 1 aliphatic rings. The number of carbonyl (C=O) groups is 2. The Bertz CT molecular complexity index is 237. The Labute approximate surface area is 89.4 Å². The first-order valence-corrected chi connectivity index (χ1v) is 5.36. The number of carbonyl (C=O) groups excluding carboxylic acids is 1. The summed E-state index contributed by atoms with van der Waals surface area (Å²) in [6.45, 7) is 3.70. The molecule has 15 heavy (non-hydrogen) atoms. The molecule has 86 valence electrons. The Morgan fingerprint density at radius 1 is 1.53 bits per heavy atom. The maximum atomic E-state index is 11.9. The Morgan fingerprint density at radius 3 is 2.73 bits per heavy atom. The van der Waals surface area contributed by atoms with Crippen LogP contribution < -0.4 is 5.32 Å². The fraction of sp³-hybridized carbons (Fsp3) is 0.800. The normalized spacial score (nSPS) is 21.0. The summed E-state index contributed by atoms with van der Waals surface area (Å²) in [6, 6.07) is 0. The van der Waals surface area contributed by atoms with E-state index in [9.17, 15) is 9.59 Å². The van der Waals surface area contributed by atoms with Gasteiger partial charge in [-0.2, -0.15) is 0 Å². The topological polar surface area (TPSA) is 69.6 Å². The van der Waals surface area contributed by atoms with Crippen molar-refractivity contribution in [2.45, 2.75) is 19.8 Å². The van der Waals surface area contributed by atoms with Gasteiger partial charge in [-0.05, 0) is 26.3 Å². The number of carboxylic acids is 1. The molecule has 1 rings (SSSR count). The van der Waals surface area contributed by atoms with Crippen molar-refractivity contribution >= 4 is 11.9 Å². The summed E-state index contributed by atoms with van der Waals surface area (Å²) in [7, 11) is 0. The minimum absolute atomic E-state index is 0.0351. The first kappa shape index (κ1) is 12.0. The van der Waals surface area contributed by atoms with Crippen molar-refractivity contribution in [2.75, 3.05) is 26.2 Å². The van der Waals surface area contributed by atoms with Gasteiger partial charge in [0, 0.05) is 13.1 Å². The molecule has 2 N–H and O–H groups in total. The lowest BCUT2D eigenvalue weighted by Gasteiger charge is -2.27. The quantitative estimate of drug-likeness (QED) is 0.686. The molecule has 0 radical (unpaired) electrons. The summed E-state index contributed by atoms with van der Waals surface area (Å²) >= 11 is 0. The second kappa shape index (κ2) is 5.70. The second-order valence-electron chi connectivity index (χ2n) is 3.79. The van der Waals surface area contributed by atoms with E-state index in [2.05, 4.69) is 5.32 Å². The third kappa shape index (κ3) is 3.51. The summed E-state index contributed by atoms with van der Waals surface area (Å²) in [5.41, 5.74) is 0. The van der Waals surface area contributed by atoms with E-state index in [0.29, 0.717) is 13.1 Å². The zero-order chi connectivity index (χ0) is 11.3. The molecular weight excluding hydrogens is 196 g/mol. The monoisotopic (exact) mass is 214 g/mol. The van der Waals surface area contributed by atoms with Gasteiger partial charge in [0.2, 0.25) is 5.91 Å². The van der Waals surface area contributed by atoms with Gasteiger partial charge in [-0.25, -0.2) is 0 Å². The number of piperidine rings is 1. The first-order valence-electron chi connectivity index (χ1n) is 5.36. The fourth-order valence-electron chi connectivity index (χ4n) is 1.83. The molecule has 1 saturated heterocycles. The molecule has 0 aromatic rings. The minimum atomic E-state index is -0.950. The molecule has 0 aromatic carbocycles. The molecule has 0 unspecified atom stereocenters. The van der Waals surface area contributed by atoms with Gasteiger partial charge < -0.3 is 15.3 Å². The van der Waals surface area contributed by atoms with E-state index in [1.807, 2.05) is 0 Å². The highest BCUT2D eigenvalue weighted by Crippen LogP contribution is 2.13. The molecule has 1 atom stereocenters. The predicted molar refractivity (Wildman–Crippen MR) is 55.5 cm³/mol. The van der Waals surface area contributed by atoms with E-state index in [1.54, 1.807) is 6.92 Å². The molecule has 0 aliphatic carbocycles. The second-order valence-corrected chi connectivity index (χ2v) is 3.79. The number of hydrogen-bond acceptors (Lipinski definition) is 3. The van der Waals surface area contributed by atoms with Crippen LogP contribution in [0.5, 0.6) is 0 Å². The third-order valence-corrected chi connectivity index (χ3v) is 2.67. The summed E-state index contributed by atoms with van der Waals surface area (Å²) in [5.74, 6) is -1.03. The lowest BCUT2D eigenvalue weighted by atomic mass is 9.98. The number of nitrogens with one attached hydrogen (secondary N) is 1. The Morgan fingerprint density at radius 2 is 2.27 bits per heavy atom. The number of likely N-dealkylation sites (N-methyl/N-ethyl adjacent to an activating group) is 1. The van der Waals surface area contributed by atoms with Gasteiger partial charge in [-0.3, -0.25) is 9.59 Å². The maximum absolute atomic E-state index is 11.9. The summed E-state index contributed by atoms with van der Waals surface area (Å²) in [6.07, 6.45) is 1.85. The van der Waals surface area contributed by atoms with Crippen molar-refractivity contribution < 1.29 is 14.7 Å². The molecule has 0 saturated carbocycles. The van der Waals surface area contributed by atoms with Crippen LogP contribution in [0, 0.1) is 5.92 Å². The SMILES string of the molecule is CCN(CC(=O)O)C(=O)[C@H]1CCCNC1. The van der Waals surface area contributed by atoms with E-state index >= 15 is 0 Å². The van der Waals surface area contributed by atoms with E-state index in [1.165, 1.54) is 4.90 Å². The molecule has 1 aliphatic heterocycles. The van der Waals surface area contributed by atoms with Crippen molar-refractivity contribution in [1.82, 2.24) is 10.2 Å². The molecule has 1 amide bonds. The molecule has 1 heterocycles. The van der Waals surface area contributed by atoms with E-state index in [-0.39, 0.29) is 18.4 Å². The predicted octanol–water partition coefficient (Wildman–Crippen LogP) is -0.0809. The highest BCUT2D eigenvalue weighted by Gasteiger charge is 2.25. The van der Waals surface area contributed by atoms with Crippen molar-refractivity contribution in [3.63, 3.8) is 0 Å². The average molecular weight is 214 g/mol. The van der Waals surface area contributed by atoms with Crippen LogP contribution in [0.25, 0.3) is 0 Å². The van der Waals surface area contributed by atoms with Gasteiger partial charge in [0.25, 0.3) is 0 Å².